The summed E-state index contributed by atoms with van der Waals surface area (Å²) in [5.41, 5.74) is 1.02. The number of rotatable bonds is 4. The lowest BCUT2D eigenvalue weighted by Gasteiger charge is -2.31. The van der Waals surface area contributed by atoms with Gasteiger partial charge in [-0.1, -0.05) is 0 Å². The maximum Gasteiger partial charge on any atom is 0.0589 e. The van der Waals surface area contributed by atoms with Crippen LogP contribution in [0.3, 0.4) is 0 Å². The molecule has 0 N–H and O–H groups in total. The van der Waals surface area contributed by atoms with Crippen molar-refractivity contribution >= 4 is 8.58 Å². The van der Waals surface area contributed by atoms with Crippen molar-refractivity contribution in [3.8, 4) is 0 Å². The second-order valence-electron chi connectivity index (χ2n) is 3.40. The number of likely N-dealkylation sites (tertiary alicyclic amines) is 1. The van der Waals surface area contributed by atoms with Crippen LogP contribution in [0.1, 0.15) is 12.8 Å². The Morgan fingerprint density at radius 3 is 2.58 bits per heavy atom. The van der Waals surface area contributed by atoms with Crippen molar-refractivity contribution in [3.05, 3.63) is 0 Å². The Hall–Kier alpha value is 0.350. The summed E-state index contributed by atoms with van der Waals surface area (Å²) >= 11 is 0. The van der Waals surface area contributed by atoms with E-state index in [1.54, 1.807) is 7.11 Å². The first-order valence-electron chi connectivity index (χ1n) is 4.75. The highest BCUT2D eigenvalue weighted by molar-refractivity contribution is 7.37. The topological polar surface area (TPSA) is 12.5 Å². The van der Waals surface area contributed by atoms with Gasteiger partial charge in [0.25, 0.3) is 0 Å². The van der Waals surface area contributed by atoms with Crippen LogP contribution in [0.25, 0.3) is 0 Å². The van der Waals surface area contributed by atoms with Gasteiger partial charge >= 0.3 is 0 Å². The fourth-order valence-corrected chi connectivity index (χ4v) is 2.50. The molecule has 0 radical (unpaired) electrons. The third-order valence-electron chi connectivity index (χ3n) is 2.61. The molecule has 0 aromatic carbocycles. The fraction of sp³-hybridized carbons (Fsp3) is 1.00. The van der Waals surface area contributed by atoms with E-state index in [0.29, 0.717) is 0 Å². The Morgan fingerprint density at radius 1 is 1.42 bits per heavy atom. The molecule has 0 aliphatic carbocycles. The molecule has 0 bridgehead atoms. The zero-order valence-corrected chi connectivity index (χ0v) is 9.18. The SMILES string of the molecule is COCCN1CCC(PC)CC1. The van der Waals surface area contributed by atoms with E-state index in [0.717, 1.165) is 27.4 Å². The molecule has 3 heteroatoms. The number of nitrogens with zero attached hydrogens (tertiary/aromatic N) is 1. The molecule has 1 heterocycles. The lowest BCUT2D eigenvalue weighted by Crippen LogP contribution is -2.36. The van der Waals surface area contributed by atoms with Crippen LogP contribution in [-0.2, 0) is 4.74 Å². The van der Waals surface area contributed by atoms with E-state index in [2.05, 4.69) is 11.6 Å². The van der Waals surface area contributed by atoms with Crippen LogP contribution in [-0.4, -0.2) is 50.6 Å². The van der Waals surface area contributed by atoms with E-state index in [1.807, 2.05) is 0 Å². The van der Waals surface area contributed by atoms with Gasteiger partial charge in [-0.05, 0) is 38.3 Å². The molecule has 1 aliphatic heterocycles. The summed E-state index contributed by atoms with van der Waals surface area (Å²) < 4.78 is 5.06. The predicted octanol–water partition coefficient (Wildman–Crippen LogP) is 1.41. The van der Waals surface area contributed by atoms with Crippen molar-refractivity contribution in [1.29, 1.82) is 0 Å². The van der Waals surface area contributed by atoms with E-state index in [9.17, 15) is 0 Å². The fourth-order valence-electron chi connectivity index (χ4n) is 1.67. The first-order valence-corrected chi connectivity index (χ1v) is 6.33. The van der Waals surface area contributed by atoms with Crippen molar-refractivity contribution < 1.29 is 4.74 Å². The minimum Gasteiger partial charge on any atom is -0.383 e. The maximum atomic E-state index is 5.06. The number of methoxy groups -OCH3 is 1. The summed E-state index contributed by atoms with van der Waals surface area (Å²) in [7, 11) is 2.92. The van der Waals surface area contributed by atoms with Gasteiger partial charge in [-0.15, -0.1) is 8.58 Å². The zero-order chi connectivity index (χ0) is 8.81. The molecular formula is C9H20NOP. The van der Waals surface area contributed by atoms with Gasteiger partial charge in [0.05, 0.1) is 6.61 Å². The number of ether oxygens (including phenoxy) is 1. The highest BCUT2D eigenvalue weighted by Gasteiger charge is 2.16. The first-order chi connectivity index (χ1) is 5.86. The summed E-state index contributed by atoms with van der Waals surface area (Å²) in [5.74, 6) is 0. The standard InChI is InChI=1S/C9H20NOP/c1-11-8-7-10-5-3-9(12-2)4-6-10/h9,12H,3-8H2,1-2H3. The molecule has 0 saturated carbocycles. The lowest BCUT2D eigenvalue weighted by molar-refractivity contribution is 0.136. The van der Waals surface area contributed by atoms with Gasteiger partial charge < -0.3 is 9.64 Å². The summed E-state index contributed by atoms with van der Waals surface area (Å²) in [6.45, 7) is 6.91. The highest BCUT2D eigenvalue weighted by Crippen LogP contribution is 2.25. The lowest BCUT2D eigenvalue weighted by atomic mass is 10.1. The first kappa shape index (κ1) is 10.4. The summed E-state index contributed by atoms with van der Waals surface area (Å²) in [4.78, 5) is 2.51. The monoisotopic (exact) mass is 189 g/mol. The van der Waals surface area contributed by atoms with Gasteiger partial charge in [0, 0.05) is 13.7 Å². The predicted molar refractivity (Wildman–Crippen MR) is 55.6 cm³/mol. The largest absolute Gasteiger partial charge is 0.383 e. The molecule has 0 aromatic rings. The molecule has 1 fully saturated rings. The van der Waals surface area contributed by atoms with Crippen molar-refractivity contribution in [1.82, 2.24) is 4.90 Å². The van der Waals surface area contributed by atoms with Gasteiger partial charge in [0.2, 0.25) is 0 Å². The van der Waals surface area contributed by atoms with Crippen molar-refractivity contribution in [3.63, 3.8) is 0 Å². The molecule has 0 amide bonds. The van der Waals surface area contributed by atoms with Crippen LogP contribution >= 0.6 is 8.58 Å². The number of piperidine rings is 1. The van der Waals surface area contributed by atoms with E-state index in [-0.39, 0.29) is 0 Å². The Morgan fingerprint density at radius 2 is 2.08 bits per heavy atom. The Kier molecular flexibility index (Phi) is 5.13. The molecule has 1 aliphatic rings. The quantitative estimate of drug-likeness (QED) is 0.620. The molecule has 12 heavy (non-hydrogen) atoms. The smallest absolute Gasteiger partial charge is 0.0589 e. The maximum absolute atomic E-state index is 5.06. The van der Waals surface area contributed by atoms with Crippen LogP contribution in [0.5, 0.6) is 0 Å². The van der Waals surface area contributed by atoms with Gasteiger partial charge in [0.15, 0.2) is 0 Å². The van der Waals surface area contributed by atoms with E-state index >= 15 is 0 Å². The minimum atomic E-state index is 0.888. The molecular weight excluding hydrogens is 169 g/mol. The Labute approximate surface area is 77.4 Å². The van der Waals surface area contributed by atoms with Crippen LogP contribution < -0.4 is 0 Å². The van der Waals surface area contributed by atoms with E-state index in [1.165, 1.54) is 25.9 Å². The molecule has 1 saturated heterocycles. The minimum absolute atomic E-state index is 0.888. The van der Waals surface area contributed by atoms with Gasteiger partial charge in [-0.3, -0.25) is 0 Å². The van der Waals surface area contributed by atoms with Crippen molar-refractivity contribution in [2.24, 2.45) is 0 Å². The Bertz CT molecular complexity index is 113. The van der Waals surface area contributed by atoms with Crippen molar-refractivity contribution in [2.45, 2.75) is 18.5 Å². The third-order valence-corrected chi connectivity index (χ3v) is 4.00. The number of hydrogen-bond acceptors (Lipinski definition) is 2. The molecule has 1 atom stereocenters. The molecule has 0 aromatic heterocycles. The summed E-state index contributed by atoms with van der Waals surface area (Å²) in [6, 6.07) is 0. The van der Waals surface area contributed by atoms with Crippen LogP contribution in [0.4, 0.5) is 0 Å². The summed E-state index contributed by atoms with van der Waals surface area (Å²) in [5, 5.41) is 0. The molecule has 1 unspecified atom stereocenters. The normalized spacial score (nSPS) is 22.5. The van der Waals surface area contributed by atoms with Crippen LogP contribution in [0.2, 0.25) is 0 Å². The highest BCUT2D eigenvalue weighted by atomic mass is 31.1. The van der Waals surface area contributed by atoms with Crippen LogP contribution in [0.15, 0.2) is 0 Å². The van der Waals surface area contributed by atoms with Gasteiger partial charge in [-0.2, -0.15) is 0 Å². The van der Waals surface area contributed by atoms with Crippen LogP contribution in [0, 0.1) is 0 Å². The molecule has 2 nitrogen and oxygen atoms in total. The third kappa shape index (κ3) is 3.38. The van der Waals surface area contributed by atoms with Gasteiger partial charge in [-0.25, -0.2) is 0 Å². The molecule has 1 rings (SSSR count). The second kappa shape index (κ2) is 5.90. The second-order valence-corrected chi connectivity index (χ2v) is 4.79. The Balaban J connectivity index is 2.09. The van der Waals surface area contributed by atoms with E-state index < -0.39 is 0 Å². The molecule has 0 spiro atoms. The zero-order valence-electron chi connectivity index (χ0n) is 8.18. The average molecular weight is 189 g/mol. The summed E-state index contributed by atoms with van der Waals surface area (Å²) in [6.07, 6.45) is 2.80. The van der Waals surface area contributed by atoms with Gasteiger partial charge in [0.1, 0.15) is 0 Å². The van der Waals surface area contributed by atoms with Crippen molar-refractivity contribution in [2.75, 3.05) is 40.0 Å². The number of hydrogen-bond donors (Lipinski definition) is 0. The molecule has 72 valence electrons. The van der Waals surface area contributed by atoms with E-state index in [4.69, 9.17) is 4.74 Å². The average Bonchev–Trinajstić information content (AvgIpc) is 2.15.